The molecule has 3 rings (SSSR count). The number of rotatable bonds is 5. The van der Waals surface area contributed by atoms with Gasteiger partial charge in [0.1, 0.15) is 12.1 Å². The Hall–Kier alpha value is -2.12. The molecule has 0 aromatic rings. The Labute approximate surface area is 159 Å². The van der Waals surface area contributed by atoms with Crippen molar-refractivity contribution in [3.05, 3.63) is 0 Å². The fourth-order valence-electron chi connectivity index (χ4n) is 4.39. The minimum Gasteiger partial charge on any atom is -0.451 e. The van der Waals surface area contributed by atoms with Crippen molar-refractivity contribution in [2.75, 3.05) is 6.54 Å². The van der Waals surface area contributed by atoms with Gasteiger partial charge >= 0.3 is 12.0 Å². The normalized spacial score (nSPS) is 28.1. The maximum absolute atomic E-state index is 12.5. The van der Waals surface area contributed by atoms with Crippen molar-refractivity contribution in [2.45, 2.75) is 82.9 Å². The first-order chi connectivity index (χ1) is 12.8. The Kier molecular flexibility index (Phi) is 5.72. The molecule has 2 aliphatic carbocycles. The summed E-state index contributed by atoms with van der Waals surface area (Å²) in [6, 6.07) is -0.465. The average Bonchev–Trinajstić information content (AvgIpc) is 3.18. The zero-order chi connectivity index (χ0) is 19.6. The lowest BCUT2D eigenvalue weighted by atomic mass is 9.86. The van der Waals surface area contributed by atoms with E-state index in [1.807, 2.05) is 0 Å². The molecule has 8 heteroatoms. The molecule has 0 unspecified atom stereocenters. The highest BCUT2D eigenvalue weighted by atomic mass is 16.5. The fraction of sp³-hybridized carbons (Fsp3) is 0.789. The first-order valence-corrected chi connectivity index (χ1v) is 9.96. The van der Waals surface area contributed by atoms with E-state index in [0.717, 1.165) is 37.0 Å². The van der Waals surface area contributed by atoms with Crippen LogP contribution in [0.15, 0.2) is 0 Å². The molecular formula is C19H29N3O5. The fourth-order valence-corrected chi connectivity index (χ4v) is 4.39. The van der Waals surface area contributed by atoms with E-state index in [0.29, 0.717) is 18.8 Å². The summed E-state index contributed by atoms with van der Waals surface area (Å²) in [6.07, 6.45) is 6.24. The molecule has 4 amide bonds. The second-order valence-corrected chi connectivity index (χ2v) is 8.12. The predicted molar refractivity (Wildman–Crippen MR) is 96.6 cm³/mol. The van der Waals surface area contributed by atoms with E-state index in [4.69, 9.17) is 4.74 Å². The van der Waals surface area contributed by atoms with E-state index >= 15 is 0 Å². The summed E-state index contributed by atoms with van der Waals surface area (Å²) < 4.78 is 5.17. The third-order valence-electron chi connectivity index (χ3n) is 6.11. The molecule has 3 aliphatic rings. The number of nitrogens with one attached hydrogen (secondary N) is 2. The Morgan fingerprint density at radius 3 is 2.56 bits per heavy atom. The highest BCUT2D eigenvalue weighted by Gasteiger charge is 2.52. The molecule has 3 fully saturated rings. The molecule has 1 heterocycles. The van der Waals surface area contributed by atoms with Crippen molar-refractivity contribution in [1.82, 2.24) is 15.5 Å². The third-order valence-corrected chi connectivity index (χ3v) is 6.11. The molecular weight excluding hydrogens is 350 g/mol. The maximum atomic E-state index is 12.5. The lowest BCUT2D eigenvalue weighted by molar-refractivity contribution is -0.157. The number of ether oxygens (including phenoxy) is 1. The van der Waals surface area contributed by atoms with E-state index in [-0.39, 0.29) is 17.9 Å². The molecule has 150 valence electrons. The largest absolute Gasteiger partial charge is 0.451 e. The smallest absolute Gasteiger partial charge is 0.327 e. The second kappa shape index (κ2) is 7.86. The summed E-state index contributed by atoms with van der Waals surface area (Å²) in [6.45, 7) is 3.15. The van der Waals surface area contributed by atoms with Crippen LogP contribution in [0, 0.1) is 5.92 Å². The number of nitrogens with zero attached hydrogens (tertiary/aromatic N) is 1. The van der Waals surface area contributed by atoms with E-state index in [1.165, 1.54) is 13.3 Å². The first kappa shape index (κ1) is 19.6. The lowest BCUT2D eigenvalue weighted by Gasteiger charge is -2.30. The Balaban J connectivity index is 1.50. The molecule has 1 saturated heterocycles. The summed E-state index contributed by atoms with van der Waals surface area (Å²) >= 11 is 0. The summed E-state index contributed by atoms with van der Waals surface area (Å²) in [5, 5.41) is 5.67. The third kappa shape index (κ3) is 4.09. The summed E-state index contributed by atoms with van der Waals surface area (Å²) in [4.78, 5) is 50.1. The van der Waals surface area contributed by atoms with Crippen LogP contribution in [0.1, 0.15) is 65.2 Å². The monoisotopic (exact) mass is 379 g/mol. The molecule has 27 heavy (non-hydrogen) atoms. The van der Waals surface area contributed by atoms with Crippen molar-refractivity contribution in [3.8, 4) is 0 Å². The van der Waals surface area contributed by atoms with Gasteiger partial charge in [0.2, 0.25) is 0 Å². The minimum absolute atomic E-state index is 0.0977. The highest BCUT2D eigenvalue weighted by Crippen LogP contribution is 2.34. The van der Waals surface area contributed by atoms with Gasteiger partial charge < -0.3 is 15.4 Å². The summed E-state index contributed by atoms with van der Waals surface area (Å²) in [5.74, 6) is -1.06. The second-order valence-electron chi connectivity index (χ2n) is 8.12. The van der Waals surface area contributed by atoms with E-state index in [2.05, 4.69) is 17.6 Å². The van der Waals surface area contributed by atoms with Crippen LogP contribution in [-0.4, -0.2) is 52.9 Å². The summed E-state index contributed by atoms with van der Waals surface area (Å²) in [7, 11) is 0. The van der Waals surface area contributed by atoms with Crippen LogP contribution < -0.4 is 10.6 Å². The SMILES string of the molecule is C[C@@H](OC(=O)CN1C(=O)NC2(CCCC2)C1=O)C(=O)N[C@@H]1CCCC[C@@H]1C. The molecule has 0 radical (unpaired) electrons. The lowest BCUT2D eigenvalue weighted by Crippen LogP contribution is -2.47. The minimum atomic E-state index is -0.965. The average molecular weight is 379 g/mol. The van der Waals surface area contributed by atoms with Crippen molar-refractivity contribution in [3.63, 3.8) is 0 Å². The van der Waals surface area contributed by atoms with Gasteiger partial charge in [0.15, 0.2) is 6.10 Å². The van der Waals surface area contributed by atoms with Gasteiger partial charge in [-0.25, -0.2) is 4.79 Å². The Morgan fingerprint density at radius 1 is 1.22 bits per heavy atom. The van der Waals surface area contributed by atoms with Crippen LogP contribution in [0.3, 0.4) is 0 Å². The van der Waals surface area contributed by atoms with Crippen molar-refractivity contribution < 1.29 is 23.9 Å². The number of amides is 4. The van der Waals surface area contributed by atoms with Gasteiger partial charge in [0, 0.05) is 6.04 Å². The van der Waals surface area contributed by atoms with Gasteiger partial charge in [0.25, 0.3) is 11.8 Å². The van der Waals surface area contributed by atoms with Gasteiger partial charge in [0.05, 0.1) is 0 Å². The summed E-state index contributed by atoms with van der Waals surface area (Å²) in [5.41, 5.74) is -0.850. The Bertz CT molecular complexity index is 629. The molecule has 0 aromatic carbocycles. The standard InChI is InChI=1S/C19H29N3O5/c1-12-7-3-4-8-14(12)20-16(24)13(2)27-15(23)11-22-17(25)19(21-18(22)26)9-5-6-10-19/h12-14H,3-11H2,1-2H3,(H,20,24)(H,21,26)/t12-,13+,14+/m0/s1. The van der Waals surface area contributed by atoms with Crippen LogP contribution in [0.5, 0.6) is 0 Å². The maximum Gasteiger partial charge on any atom is 0.327 e. The van der Waals surface area contributed by atoms with Gasteiger partial charge in [-0.1, -0.05) is 32.6 Å². The van der Waals surface area contributed by atoms with E-state index < -0.39 is 30.2 Å². The number of carbonyl (C=O) groups is 4. The molecule has 2 saturated carbocycles. The van der Waals surface area contributed by atoms with Gasteiger partial charge in [-0.2, -0.15) is 0 Å². The van der Waals surface area contributed by atoms with Crippen molar-refractivity contribution in [2.24, 2.45) is 5.92 Å². The topological polar surface area (TPSA) is 105 Å². The van der Waals surface area contributed by atoms with Gasteiger partial charge in [-0.05, 0) is 38.5 Å². The van der Waals surface area contributed by atoms with Gasteiger partial charge in [-0.15, -0.1) is 0 Å². The number of hydrogen-bond donors (Lipinski definition) is 2. The van der Waals surface area contributed by atoms with Crippen LogP contribution in [0.2, 0.25) is 0 Å². The molecule has 0 bridgehead atoms. The van der Waals surface area contributed by atoms with Crippen LogP contribution in [0.4, 0.5) is 4.79 Å². The van der Waals surface area contributed by atoms with Crippen LogP contribution in [-0.2, 0) is 19.1 Å². The van der Waals surface area contributed by atoms with Crippen molar-refractivity contribution >= 4 is 23.8 Å². The number of imide groups is 1. The number of carbonyl (C=O) groups excluding carboxylic acids is 4. The van der Waals surface area contributed by atoms with Crippen molar-refractivity contribution in [1.29, 1.82) is 0 Å². The quantitative estimate of drug-likeness (QED) is 0.556. The molecule has 3 atom stereocenters. The zero-order valence-electron chi connectivity index (χ0n) is 16.1. The predicted octanol–water partition coefficient (Wildman–Crippen LogP) is 1.48. The van der Waals surface area contributed by atoms with Gasteiger partial charge in [-0.3, -0.25) is 19.3 Å². The van der Waals surface area contributed by atoms with E-state index in [1.54, 1.807) is 0 Å². The number of urea groups is 1. The molecule has 1 aliphatic heterocycles. The Morgan fingerprint density at radius 2 is 1.89 bits per heavy atom. The first-order valence-electron chi connectivity index (χ1n) is 9.96. The van der Waals surface area contributed by atoms with Crippen LogP contribution >= 0.6 is 0 Å². The molecule has 8 nitrogen and oxygen atoms in total. The molecule has 1 spiro atoms. The highest BCUT2D eigenvalue weighted by molar-refractivity contribution is 6.08. The number of hydrogen-bond acceptors (Lipinski definition) is 5. The van der Waals surface area contributed by atoms with E-state index in [9.17, 15) is 19.2 Å². The zero-order valence-corrected chi connectivity index (χ0v) is 16.1. The molecule has 2 N–H and O–H groups in total. The molecule has 0 aromatic heterocycles. The number of esters is 1. The van der Waals surface area contributed by atoms with Crippen LogP contribution in [0.25, 0.3) is 0 Å².